The van der Waals surface area contributed by atoms with Crippen molar-refractivity contribution in [3.05, 3.63) is 51.4 Å². The number of hydrogen-bond donors (Lipinski definition) is 3. The Hall–Kier alpha value is -1.47. The first-order valence-corrected chi connectivity index (χ1v) is 9.30. The number of anilines is 1. The second-order valence-electron chi connectivity index (χ2n) is 6.11. The summed E-state index contributed by atoms with van der Waals surface area (Å²) < 4.78 is 13.1. The Morgan fingerprint density at radius 3 is 2.62 bits per heavy atom. The van der Waals surface area contributed by atoms with Crippen molar-refractivity contribution in [2.24, 2.45) is 0 Å². The molecule has 128 valence electrons. The number of carbonyl (C=O) groups excluding carboxylic acids is 1. The zero-order chi connectivity index (χ0) is 16.9. The van der Waals surface area contributed by atoms with Crippen molar-refractivity contribution < 1.29 is 19.0 Å². The highest BCUT2D eigenvalue weighted by molar-refractivity contribution is 7.09. The van der Waals surface area contributed by atoms with Crippen LogP contribution >= 0.6 is 22.9 Å². The summed E-state index contributed by atoms with van der Waals surface area (Å²) in [6, 6.07) is 8.49. The van der Waals surface area contributed by atoms with E-state index in [9.17, 15) is 9.18 Å². The van der Waals surface area contributed by atoms with Gasteiger partial charge in [-0.05, 0) is 29.6 Å². The number of rotatable bonds is 5. The molecular formula is C17H21ClFN3OS+2. The largest absolute Gasteiger partial charge is 0.321 e. The molecule has 1 aliphatic heterocycles. The van der Waals surface area contributed by atoms with Gasteiger partial charge in [-0.3, -0.25) is 4.79 Å². The topological polar surface area (TPSA) is 38.0 Å². The summed E-state index contributed by atoms with van der Waals surface area (Å²) in [5.41, 5.74) is 0.535. The highest BCUT2D eigenvalue weighted by atomic mass is 35.5. The monoisotopic (exact) mass is 369 g/mol. The number of benzene rings is 1. The molecule has 1 aromatic carbocycles. The zero-order valence-corrected chi connectivity index (χ0v) is 14.9. The Morgan fingerprint density at radius 2 is 1.96 bits per heavy atom. The number of halogens is 2. The minimum absolute atomic E-state index is 0.0194. The van der Waals surface area contributed by atoms with Crippen LogP contribution in [-0.4, -0.2) is 38.6 Å². The second kappa shape index (κ2) is 8.07. The molecule has 7 heteroatoms. The minimum Gasteiger partial charge on any atom is -0.321 e. The van der Waals surface area contributed by atoms with Gasteiger partial charge in [-0.25, -0.2) is 4.39 Å². The highest BCUT2D eigenvalue weighted by Crippen LogP contribution is 2.19. The Morgan fingerprint density at radius 1 is 1.21 bits per heavy atom. The number of quaternary nitrogens is 2. The molecule has 0 unspecified atom stereocenters. The second-order valence-corrected chi connectivity index (χ2v) is 7.55. The first-order valence-electron chi connectivity index (χ1n) is 8.04. The summed E-state index contributed by atoms with van der Waals surface area (Å²) in [6.07, 6.45) is 0. The normalized spacial score (nSPS) is 20.8. The van der Waals surface area contributed by atoms with Crippen LogP contribution in [0, 0.1) is 5.82 Å². The molecule has 1 aliphatic rings. The van der Waals surface area contributed by atoms with Gasteiger partial charge in [0.1, 0.15) is 38.5 Å². The number of piperazine rings is 1. The molecule has 0 atom stereocenters. The first kappa shape index (κ1) is 17.4. The van der Waals surface area contributed by atoms with Crippen LogP contribution in [0.2, 0.25) is 5.02 Å². The quantitative estimate of drug-likeness (QED) is 0.704. The lowest BCUT2D eigenvalue weighted by molar-refractivity contribution is -1.01. The molecular weight excluding hydrogens is 349 g/mol. The molecule has 4 nitrogen and oxygen atoms in total. The van der Waals surface area contributed by atoms with Crippen LogP contribution in [0.3, 0.4) is 0 Å². The van der Waals surface area contributed by atoms with E-state index in [0.29, 0.717) is 12.2 Å². The van der Waals surface area contributed by atoms with E-state index in [-0.39, 0.29) is 10.9 Å². The number of thiophene rings is 1. The van der Waals surface area contributed by atoms with E-state index < -0.39 is 5.82 Å². The maximum absolute atomic E-state index is 13.1. The Kier molecular flexibility index (Phi) is 5.84. The van der Waals surface area contributed by atoms with Gasteiger partial charge in [0.05, 0.1) is 9.90 Å². The third-order valence-electron chi connectivity index (χ3n) is 4.28. The predicted octanol–water partition coefficient (Wildman–Crippen LogP) is 0.463. The number of carbonyl (C=O) groups is 1. The Bertz CT molecular complexity index is 687. The Labute approximate surface area is 149 Å². The number of amides is 1. The van der Waals surface area contributed by atoms with E-state index in [1.54, 1.807) is 16.2 Å². The maximum Gasteiger partial charge on any atom is 0.279 e. The van der Waals surface area contributed by atoms with Gasteiger partial charge in [0.15, 0.2) is 6.54 Å². The lowest BCUT2D eigenvalue weighted by atomic mass is 10.3. The maximum atomic E-state index is 13.1. The molecule has 3 rings (SSSR count). The molecule has 0 saturated carbocycles. The van der Waals surface area contributed by atoms with Gasteiger partial charge in [-0.2, -0.15) is 0 Å². The zero-order valence-electron chi connectivity index (χ0n) is 13.3. The summed E-state index contributed by atoms with van der Waals surface area (Å²) in [7, 11) is 0. The molecule has 1 fully saturated rings. The van der Waals surface area contributed by atoms with Crippen LogP contribution in [0.1, 0.15) is 4.88 Å². The third-order valence-corrected chi connectivity index (χ3v) is 5.45. The van der Waals surface area contributed by atoms with Crippen molar-refractivity contribution in [1.29, 1.82) is 0 Å². The standard InChI is InChI=1S/C17H19ClFN3OS/c18-15-10-13(3-4-16(15)19)20-17(23)12-22-7-5-21(6-8-22)11-14-2-1-9-24-14/h1-4,9-10H,5-8,11-12H2,(H,20,23)/p+2. The van der Waals surface area contributed by atoms with Gasteiger partial charge in [-0.15, -0.1) is 11.3 Å². The fourth-order valence-electron chi connectivity index (χ4n) is 2.98. The average Bonchev–Trinajstić information content (AvgIpc) is 3.06. The minimum atomic E-state index is -0.481. The summed E-state index contributed by atoms with van der Waals surface area (Å²) in [5.74, 6) is -0.542. The molecule has 0 aliphatic carbocycles. The van der Waals surface area contributed by atoms with Crippen molar-refractivity contribution in [2.75, 3.05) is 38.0 Å². The molecule has 2 heterocycles. The molecule has 0 bridgehead atoms. The molecule has 1 aromatic heterocycles. The van der Waals surface area contributed by atoms with Crippen molar-refractivity contribution in [3.63, 3.8) is 0 Å². The average molecular weight is 370 g/mol. The van der Waals surface area contributed by atoms with Crippen molar-refractivity contribution >= 4 is 34.5 Å². The molecule has 1 saturated heterocycles. The van der Waals surface area contributed by atoms with Gasteiger partial charge in [0, 0.05) is 5.69 Å². The van der Waals surface area contributed by atoms with E-state index >= 15 is 0 Å². The highest BCUT2D eigenvalue weighted by Gasteiger charge is 2.25. The lowest BCUT2D eigenvalue weighted by Crippen LogP contribution is -3.28. The van der Waals surface area contributed by atoms with Gasteiger partial charge in [-0.1, -0.05) is 17.7 Å². The van der Waals surface area contributed by atoms with E-state index in [0.717, 1.165) is 32.7 Å². The number of hydrogen-bond acceptors (Lipinski definition) is 2. The van der Waals surface area contributed by atoms with Crippen molar-refractivity contribution in [3.8, 4) is 0 Å². The van der Waals surface area contributed by atoms with Gasteiger partial charge in [0.25, 0.3) is 5.91 Å². The predicted molar refractivity (Wildman–Crippen MR) is 94.3 cm³/mol. The summed E-state index contributed by atoms with van der Waals surface area (Å²) in [4.78, 5) is 16.4. The van der Waals surface area contributed by atoms with Crippen molar-refractivity contribution in [2.45, 2.75) is 6.54 Å². The van der Waals surface area contributed by atoms with Gasteiger partial charge in [0.2, 0.25) is 0 Å². The summed E-state index contributed by atoms with van der Waals surface area (Å²) >= 11 is 7.53. The van der Waals surface area contributed by atoms with Gasteiger partial charge < -0.3 is 15.1 Å². The first-order chi connectivity index (χ1) is 11.6. The van der Waals surface area contributed by atoms with Gasteiger partial charge >= 0.3 is 0 Å². The van der Waals surface area contributed by atoms with E-state index in [1.807, 2.05) is 0 Å². The van der Waals surface area contributed by atoms with E-state index in [2.05, 4.69) is 22.8 Å². The molecule has 0 radical (unpaired) electrons. The lowest BCUT2D eigenvalue weighted by Gasteiger charge is -2.29. The van der Waals surface area contributed by atoms with Crippen LogP contribution in [0.25, 0.3) is 0 Å². The summed E-state index contributed by atoms with van der Waals surface area (Å²) in [5, 5.41) is 4.92. The smallest absolute Gasteiger partial charge is 0.279 e. The van der Waals surface area contributed by atoms with Crippen LogP contribution < -0.4 is 15.1 Å². The fourth-order valence-corrected chi connectivity index (χ4v) is 3.93. The number of nitrogens with one attached hydrogen (secondary N) is 3. The van der Waals surface area contributed by atoms with Crippen LogP contribution in [0.5, 0.6) is 0 Å². The molecule has 0 spiro atoms. The Balaban J connectivity index is 1.43. The van der Waals surface area contributed by atoms with Crippen LogP contribution in [0.15, 0.2) is 35.7 Å². The molecule has 1 amide bonds. The summed E-state index contributed by atoms with van der Waals surface area (Å²) in [6.45, 7) is 5.62. The third kappa shape index (κ3) is 4.77. The fraction of sp³-hybridized carbons (Fsp3) is 0.353. The SMILES string of the molecule is O=C(C[NH+]1CC[NH+](Cc2cccs2)CC1)Nc1ccc(F)c(Cl)c1. The van der Waals surface area contributed by atoms with Crippen LogP contribution in [-0.2, 0) is 11.3 Å². The van der Waals surface area contributed by atoms with Crippen LogP contribution in [0.4, 0.5) is 10.1 Å². The van der Waals surface area contributed by atoms with E-state index in [4.69, 9.17) is 11.6 Å². The van der Waals surface area contributed by atoms with E-state index in [1.165, 1.54) is 28.0 Å². The molecule has 2 aromatic rings. The molecule has 24 heavy (non-hydrogen) atoms. The molecule has 3 N–H and O–H groups in total. The van der Waals surface area contributed by atoms with Crippen molar-refractivity contribution in [1.82, 2.24) is 0 Å².